The van der Waals surface area contributed by atoms with Crippen molar-refractivity contribution in [2.24, 2.45) is 5.84 Å². The number of anilines is 2. The Kier molecular flexibility index (Phi) is 5.50. The molecule has 5 N–H and O–H groups in total. The first-order chi connectivity index (χ1) is 8.99. The van der Waals surface area contributed by atoms with Crippen LogP contribution in [0, 0.1) is 0 Å². The Balaban J connectivity index is 2.84. The standard InChI is InChI=1S/C12H22N6O/c1-5-9-10(14-6-15-11(9)18-13)17-8(4)12(19)16-7(2)3/h6-8H,5,13H2,1-4H3,(H,16,19)(H2,14,15,17,18). The summed E-state index contributed by atoms with van der Waals surface area (Å²) < 4.78 is 0. The van der Waals surface area contributed by atoms with Crippen LogP contribution in [0.25, 0.3) is 0 Å². The van der Waals surface area contributed by atoms with E-state index < -0.39 is 0 Å². The van der Waals surface area contributed by atoms with E-state index in [1.165, 1.54) is 6.33 Å². The Labute approximate surface area is 113 Å². The number of rotatable bonds is 6. The summed E-state index contributed by atoms with van der Waals surface area (Å²) >= 11 is 0. The molecule has 1 amide bonds. The van der Waals surface area contributed by atoms with Crippen molar-refractivity contribution >= 4 is 17.5 Å². The number of carbonyl (C=O) groups excluding carboxylic acids is 1. The summed E-state index contributed by atoms with van der Waals surface area (Å²) in [6.45, 7) is 7.60. The van der Waals surface area contributed by atoms with Crippen LogP contribution in [0.5, 0.6) is 0 Å². The van der Waals surface area contributed by atoms with Crippen molar-refractivity contribution in [3.8, 4) is 0 Å². The van der Waals surface area contributed by atoms with Crippen LogP contribution in [0.1, 0.15) is 33.3 Å². The topological polar surface area (TPSA) is 105 Å². The van der Waals surface area contributed by atoms with E-state index >= 15 is 0 Å². The van der Waals surface area contributed by atoms with Gasteiger partial charge < -0.3 is 16.1 Å². The summed E-state index contributed by atoms with van der Waals surface area (Å²) in [6, 6.07) is -0.276. The SMILES string of the molecule is CCc1c(NN)ncnc1NC(C)C(=O)NC(C)C. The van der Waals surface area contributed by atoms with Gasteiger partial charge in [-0.05, 0) is 27.2 Å². The van der Waals surface area contributed by atoms with Crippen molar-refractivity contribution in [1.82, 2.24) is 15.3 Å². The van der Waals surface area contributed by atoms with E-state index in [1.807, 2.05) is 20.8 Å². The molecule has 0 aliphatic carbocycles. The maximum absolute atomic E-state index is 11.9. The van der Waals surface area contributed by atoms with E-state index in [4.69, 9.17) is 5.84 Å². The molecular formula is C12H22N6O. The van der Waals surface area contributed by atoms with E-state index in [2.05, 4.69) is 26.0 Å². The molecule has 1 atom stereocenters. The summed E-state index contributed by atoms with van der Waals surface area (Å²) in [4.78, 5) is 20.1. The lowest BCUT2D eigenvalue weighted by Crippen LogP contribution is -2.41. The van der Waals surface area contributed by atoms with Gasteiger partial charge in [-0.2, -0.15) is 0 Å². The number of amides is 1. The highest BCUT2D eigenvalue weighted by Gasteiger charge is 2.16. The molecule has 1 rings (SSSR count). The molecule has 19 heavy (non-hydrogen) atoms. The van der Waals surface area contributed by atoms with Crippen molar-refractivity contribution in [2.45, 2.75) is 46.2 Å². The van der Waals surface area contributed by atoms with Crippen LogP contribution >= 0.6 is 0 Å². The molecule has 7 nitrogen and oxygen atoms in total. The largest absolute Gasteiger partial charge is 0.358 e. The number of carbonyl (C=O) groups is 1. The predicted molar refractivity (Wildman–Crippen MR) is 75.6 cm³/mol. The Morgan fingerprint density at radius 1 is 1.32 bits per heavy atom. The van der Waals surface area contributed by atoms with Gasteiger partial charge in [0.2, 0.25) is 5.91 Å². The van der Waals surface area contributed by atoms with Crippen molar-refractivity contribution in [1.29, 1.82) is 0 Å². The van der Waals surface area contributed by atoms with Crippen LogP contribution in [0.2, 0.25) is 0 Å². The van der Waals surface area contributed by atoms with Gasteiger partial charge in [0.15, 0.2) is 0 Å². The van der Waals surface area contributed by atoms with Crippen LogP contribution in [-0.2, 0) is 11.2 Å². The van der Waals surface area contributed by atoms with Gasteiger partial charge in [-0.1, -0.05) is 6.92 Å². The second kappa shape index (κ2) is 6.89. The molecule has 0 radical (unpaired) electrons. The Morgan fingerprint density at radius 3 is 2.47 bits per heavy atom. The molecule has 106 valence electrons. The molecule has 0 saturated heterocycles. The number of aromatic nitrogens is 2. The van der Waals surface area contributed by atoms with Gasteiger partial charge in [-0.3, -0.25) is 4.79 Å². The van der Waals surface area contributed by atoms with Crippen LogP contribution in [0.4, 0.5) is 11.6 Å². The molecule has 1 aromatic heterocycles. The predicted octanol–water partition coefficient (Wildman–Crippen LogP) is 0.650. The number of nitrogens with two attached hydrogens (primary N) is 1. The second-order valence-electron chi connectivity index (χ2n) is 4.58. The van der Waals surface area contributed by atoms with Crippen molar-refractivity contribution < 1.29 is 4.79 Å². The fourth-order valence-corrected chi connectivity index (χ4v) is 1.68. The van der Waals surface area contributed by atoms with Gasteiger partial charge >= 0.3 is 0 Å². The van der Waals surface area contributed by atoms with Gasteiger partial charge in [0.05, 0.1) is 0 Å². The maximum Gasteiger partial charge on any atom is 0.242 e. The first kappa shape index (κ1) is 15.2. The molecule has 7 heteroatoms. The quantitative estimate of drug-likeness (QED) is 0.445. The number of nitrogen functional groups attached to an aromatic ring is 1. The molecule has 0 spiro atoms. The summed E-state index contributed by atoms with van der Waals surface area (Å²) in [6.07, 6.45) is 2.12. The lowest BCUT2D eigenvalue weighted by Gasteiger charge is -2.18. The van der Waals surface area contributed by atoms with Crippen molar-refractivity contribution in [2.75, 3.05) is 10.7 Å². The molecule has 0 bridgehead atoms. The summed E-state index contributed by atoms with van der Waals surface area (Å²) in [5.41, 5.74) is 3.39. The minimum absolute atomic E-state index is 0.0714. The van der Waals surface area contributed by atoms with Gasteiger partial charge in [-0.15, -0.1) is 0 Å². The van der Waals surface area contributed by atoms with Crippen LogP contribution < -0.4 is 21.9 Å². The van der Waals surface area contributed by atoms with Crippen LogP contribution in [0.3, 0.4) is 0 Å². The molecule has 1 aromatic rings. The van der Waals surface area contributed by atoms with Crippen LogP contribution in [-0.4, -0.2) is 28.0 Å². The third-order valence-electron chi connectivity index (χ3n) is 2.61. The Morgan fingerprint density at radius 2 is 1.95 bits per heavy atom. The van der Waals surface area contributed by atoms with Crippen LogP contribution in [0.15, 0.2) is 6.33 Å². The maximum atomic E-state index is 11.9. The van der Waals surface area contributed by atoms with E-state index in [0.717, 1.165) is 5.56 Å². The molecular weight excluding hydrogens is 244 g/mol. The highest BCUT2D eigenvalue weighted by molar-refractivity contribution is 5.84. The number of nitrogens with zero attached hydrogens (tertiary/aromatic N) is 2. The van der Waals surface area contributed by atoms with Crippen molar-refractivity contribution in [3.63, 3.8) is 0 Å². The molecule has 1 unspecified atom stereocenters. The molecule has 0 saturated carbocycles. The van der Waals surface area contributed by atoms with Gasteiger partial charge in [-0.25, -0.2) is 15.8 Å². The lowest BCUT2D eigenvalue weighted by molar-refractivity contribution is -0.122. The van der Waals surface area contributed by atoms with E-state index in [-0.39, 0.29) is 18.0 Å². The monoisotopic (exact) mass is 266 g/mol. The third kappa shape index (κ3) is 4.06. The number of hydrogen-bond acceptors (Lipinski definition) is 6. The Bertz CT molecular complexity index is 434. The van der Waals surface area contributed by atoms with E-state index in [0.29, 0.717) is 18.1 Å². The minimum Gasteiger partial charge on any atom is -0.358 e. The van der Waals surface area contributed by atoms with Crippen molar-refractivity contribution in [3.05, 3.63) is 11.9 Å². The Hall–Kier alpha value is -1.89. The second-order valence-corrected chi connectivity index (χ2v) is 4.58. The summed E-state index contributed by atoms with van der Waals surface area (Å²) in [5, 5.41) is 5.93. The zero-order chi connectivity index (χ0) is 14.4. The zero-order valence-corrected chi connectivity index (χ0v) is 11.8. The molecule has 1 heterocycles. The zero-order valence-electron chi connectivity index (χ0n) is 11.8. The highest BCUT2D eigenvalue weighted by atomic mass is 16.2. The molecule has 0 fully saturated rings. The lowest BCUT2D eigenvalue weighted by atomic mass is 10.2. The third-order valence-corrected chi connectivity index (χ3v) is 2.61. The smallest absolute Gasteiger partial charge is 0.242 e. The highest BCUT2D eigenvalue weighted by Crippen LogP contribution is 2.20. The van der Waals surface area contributed by atoms with E-state index in [9.17, 15) is 4.79 Å². The average Bonchev–Trinajstić information content (AvgIpc) is 2.37. The first-order valence-corrected chi connectivity index (χ1v) is 6.37. The first-order valence-electron chi connectivity index (χ1n) is 6.37. The fourth-order valence-electron chi connectivity index (χ4n) is 1.68. The van der Waals surface area contributed by atoms with Gasteiger partial charge in [0.1, 0.15) is 24.0 Å². The van der Waals surface area contributed by atoms with Gasteiger partial charge in [0.25, 0.3) is 0 Å². The number of hydrogen-bond donors (Lipinski definition) is 4. The number of hydrazine groups is 1. The summed E-state index contributed by atoms with van der Waals surface area (Å²) in [5.74, 6) is 6.52. The van der Waals surface area contributed by atoms with E-state index in [1.54, 1.807) is 6.92 Å². The normalized spacial score (nSPS) is 12.1. The summed E-state index contributed by atoms with van der Waals surface area (Å²) in [7, 11) is 0. The number of nitrogens with one attached hydrogen (secondary N) is 3. The minimum atomic E-state index is -0.381. The van der Waals surface area contributed by atoms with Gasteiger partial charge in [0, 0.05) is 11.6 Å². The average molecular weight is 266 g/mol. The fraction of sp³-hybridized carbons (Fsp3) is 0.583. The molecule has 0 aromatic carbocycles. The molecule has 0 aliphatic heterocycles. The molecule has 0 aliphatic rings.